The van der Waals surface area contributed by atoms with Crippen molar-refractivity contribution in [1.82, 2.24) is 19.6 Å². The van der Waals surface area contributed by atoms with Crippen molar-refractivity contribution in [2.45, 2.75) is 12.8 Å². The monoisotopic (exact) mass is 398 g/mol. The molecule has 7 heteroatoms. The van der Waals surface area contributed by atoms with Gasteiger partial charge in [0.05, 0.1) is 11.6 Å². The van der Waals surface area contributed by atoms with Gasteiger partial charge in [-0.2, -0.15) is 14.6 Å². The zero-order chi connectivity index (χ0) is 20.3. The highest BCUT2D eigenvalue weighted by molar-refractivity contribution is 5.93. The number of piperidine rings is 1. The maximum absolute atomic E-state index is 12.9. The topological polar surface area (TPSA) is 75.4 Å². The third-order valence-corrected chi connectivity index (χ3v) is 5.46. The van der Waals surface area contributed by atoms with Gasteiger partial charge in [0.25, 0.3) is 5.78 Å². The van der Waals surface area contributed by atoms with E-state index in [-0.39, 0.29) is 11.8 Å². The van der Waals surface area contributed by atoms with Crippen LogP contribution in [0.15, 0.2) is 73.1 Å². The molecular formula is C23H22N6O. The quantitative estimate of drug-likeness (QED) is 0.568. The van der Waals surface area contributed by atoms with Gasteiger partial charge >= 0.3 is 0 Å². The summed E-state index contributed by atoms with van der Waals surface area (Å²) in [6.45, 7) is 1.49. The van der Waals surface area contributed by atoms with Crippen LogP contribution in [0.3, 0.4) is 0 Å². The molecule has 1 aliphatic heterocycles. The summed E-state index contributed by atoms with van der Waals surface area (Å²) < 4.78 is 1.75. The van der Waals surface area contributed by atoms with E-state index in [4.69, 9.17) is 0 Å². The normalized spacial score (nSPS) is 16.5. The summed E-state index contributed by atoms with van der Waals surface area (Å²) in [5, 5.41) is 7.41. The lowest BCUT2D eigenvalue weighted by Gasteiger charge is -2.33. The van der Waals surface area contributed by atoms with Gasteiger partial charge in [-0.3, -0.25) is 4.79 Å². The first kappa shape index (κ1) is 18.3. The van der Waals surface area contributed by atoms with E-state index in [2.05, 4.69) is 25.3 Å². The SMILES string of the molecule is O=C(Nc1ccccc1)C1CCCN(c2cc(-c3ccccc3)nc3ncnn23)C1. The Balaban J connectivity index is 1.43. The molecule has 1 aliphatic rings. The smallest absolute Gasteiger partial charge is 0.254 e. The molecule has 0 radical (unpaired) electrons. The molecule has 30 heavy (non-hydrogen) atoms. The van der Waals surface area contributed by atoms with E-state index >= 15 is 0 Å². The Hall–Kier alpha value is -3.74. The zero-order valence-electron chi connectivity index (χ0n) is 16.5. The Morgan fingerprint density at radius 3 is 2.60 bits per heavy atom. The Morgan fingerprint density at radius 2 is 1.80 bits per heavy atom. The fourth-order valence-corrected chi connectivity index (χ4v) is 3.94. The molecule has 1 unspecified atom stereocenters. The van der Waals surface area contributed by atoms with Crippen molar-refractivity contribution in [2.24, 2.45) is 5.92 Å². The van der Waals surface area contributed by atoms with Crippen molar-refractivity contribution in [2.75, 3.05) is 23.3 Å². The molecule has 0 bridgehead atoms. The van der Waals surface area contributed by atoms with E-state index in [1.807, 2.05) is 66.7 Å². The first-order chi connectivity index (χ1) is 14.8. The molecule has 150 valence electrons. The zero-order valence-corrected chi connectivity index (χ0v) is 16.5. The predicted octanol–water partition coefficient (Wildman–Crippen LogP) is 3.65. The third kappa shape index (κ3) is 3.61. The van der Waals surface area contributed by atoms with Crippen molar-refractivity contribution in [3.63, 3.8) is 0 Å². The van der Waals surface area contributed by atoms with Gasteiger partial charge in [-0.15, -0.1) is 0 Å². The lowest BCUT2D eigenvalue weighted by molar-refractivity contribution is -0.120. The number of anilines is 2. The summed E-state index contributed by atoms with van der Waals surface area (Å²) in [5.74, 6) is 1.43. The maximum atomic E-state index is 12.9. The Kier molecular flexibility index (Phi) is 4.85. The highest BCUT2D eigenvalue weighted by Crippen LogP contribution is 2.28. The summed E-state index contributed by atoms with van der Waals surface area (Å²) >= 11 is 0. The fraction of sp³-hybridized carbons (Fsp3) is 0.217. The summed E-state index contributed by atoms with van der Waals surface area (Å²) in [4.78, 5) is 24.0. The highest BCUT2D eigenvalue weighted by atomic mass is 16.1. The number of nitrogens with zero attached hydrogens (tertiary/aromatic N) is 5. The average molecular weight is 398 g/mol. The lowest BCUT2D eigenvalue weighted by atomic mass is 9.97. The molecule has 4 aromatic rings. The van der Waals surface area contributed by atoms with Crippen molar-refractivity contribution < 1.29 is 4.79 Å². The van der Waals surface area contributed by atoms with Gasteiger partial charge in [0, 0.05) is 30.4 Å². The number of para-hydroxylation sites is 1. The predicted molar refractivity (Wildman–Crippen MR) is 116 cm³/mol. The first-order valence-corrected chi connectivity index (χ1v) is 10.1. The van der Waals surface area contributed by atoms with Crippen molar-refractivity contribution in [1.29, 1.82) is 0 Å². The highest BCUT2D eigenvalue weighted by Gasteiger charge is 2.28. The lowest BCUT2D eigenvalue weighted by Crippen LogP contribution is -2.41. The molecule has 3 heterocycles. The number of hydrogen-bond acceptors (Lipinski definition) is 5. The number of nitrogens with one attached hydrogen (secondary N) is 1. The second-order valence-corrected chi connectivity index (χ2v) is 7.48. The van der Waals surface area contributed by atoms with Crippen LogP contribution in [0.25, 0.3) is 17.0 Å². The Bertz CT molecular complexity index is 1160. The molecule has 7 nitrogen and oxygen atoms in total. The van der Waals surface area contributed by atoms with Crippen LogP contribution < -0.4 is 10.2 Å². The molecule has 2 aromatic heterocycles. The molecule has 0 saturated carbocycles. The molecule has 5 rings (SSSR count). The van der Waals surface area contributed by atoms with E-state index in [0.717, 1.165) is 42.1 Å². The van der Waals surface area contributed by atoms with Gasteiger partial charge in [0.2, 0.25) is 5.91 Å². The van der Waals surface area contributed by atoms with Crippen molar-refractivity contribution >= 4 is 23.2 Å². The van der Waals surface area contributed by atoms with Gasteiger partial charge in [-0.25, -0.2) is 4.98 Å². The molecule has 1 N–H and O–H groups in total. The van der Waals surface area contributed by atoms with Gasteiger partial charge in [-0.1, -0.05) is 48.5 Å². The van der Waals surface area contributed by atoms with Crippen LogP contribution in [0.2, 0.25) is 0 Å². The minimum absolute atomic E-state index is 0.0538. The van der Waals surface area contributed by atoms with Crippen molar-refractivity contribution in [3.8, 4) is 11.3 Å². The summed E-state index contributed by atoms with van der Waals surface area (Å²) in [7, 11) is 0. The van der Waals surface area contributed by atoms with E-state index in [0.29, 0.717) is 12.3 Å². The van der Waals surface area contributed by atoms with Crippen LogP contribution in [0.4, 0.5) is 11.5 Å². The fourth-order valence-electron chi connectivity index (χ4n) is 3.94. The number of carbonyl (C=O) groups excluding carboxylic acids is 1. The van der Waals surface area contributed by atoms with Gasteiger partial charge < -0.3 is 10.2 Å². The maximum Gasteiger partial charge on any atom is 0.254 e. The number of aromatic nitrogens is 4. The summed E-state index contributed by atoms with van der Waals surface area (Å²) in [6.07, 6.45) is 3.32. The third-order valence-electron chi connectivity index (χ3n) is 5.46. The van der Waals surface area contributed by atoms with Gasteiger partial charge in [0.15, 0.2) is 0 Å². The second-order valence-electron chi connectivity index (χ2n) is 7.48. The molecule has 1 saturated heterocycles. The average Bonchev–Trinajstić information content (AvgIpc) is 3.28. The van der Waals surface area contributed by atoms with Crippen molar-refractivity contribution in [3.05, 3.63) is 73.1 Å². The molecular weight excluding hydrogens is 376 g/mol. The molecule has 0 aliphatic carbocycles. The van der Waals surface area contributed by atoms with Gasteiger partial charge in [-0.05, 0) is 25.0 Å². The van der Waals surface area contributed by atoms with Crippen LogP contribution in [0.1, 0.15) is 12.8 Å². The molecule has 1 atom stereocenters. The molecule has 2 aromatic carbocycles. The summed E-state index contributed by atoms with van der Waals surface area (Å²) in [6, 6.07) is 21.7. The number of hydrogen-bond donors (Lipinski definition) is 1. The molecule has 1 amide bonds. The van der Waals surface area contributed by atoms with Gasteiger partial charge in [0.1, 0.15) is 12.1 Å². The number of rotatable bonds is 4. The number of benzene rings is 2. The van der Waals surface area contributed by atoms with Crippen LogP contribution >= 0.6 is 0 Å². The van der Waals surface area contributed by atoms with E-state index in [9.17, 15) is 4.79 Å². The second kappa shape index (κ2) is 7.94. The van der Waals surface area contributed by atoms with E-state index in [1.165, 1.54) is 6.33 Å². The largest absolute Gasteiger partial charge is 0.356 e. The molecule has 0 spiro atoms. The standard InChI is InChI=1S/C23H22N6O/c30-22(26-19-11-5-2-6-12-19)18-10-7-13-28(15-18)21-14-20(17-8-3-1-4-9-17)27-23-24-16-25-29(21)23/h1-6,8-9,11-12,14,16,18H,7,10,13,15H2,(H,26,30). The van der Waals surface area contributed by atoms with E-state index < -0.39 is 0 Å². The van der Waals surface area contributed by atoms with Crippen LogP contribution in [0.5, 0.6) is 0 Å². The molecule has 1 fully saturated rings. The van der Waals surface area contributed by atoms with Crippen LogP contribution in [0, 0.1) is 5.92 Å². The van der Waals surface area contributed by atoms with Crippen LogP contribution in [-0.2, 0) is 4.79 Å². The number of fused-ring (bicyclic) bond motifs is 1. The summed E-state index contributed by atoms with van der Waals surface area (Å²) in [5.41, 5.74) is 2.70. The van der Waals surface area contributed by atoms with Crippen LogP contribution in [-0.4, -0.2) is 38.6 Å². The minimum Gasteiger partial charge on any atom is -0.356 e. The Morgan fingerprint density at radius 1 is 1.03 bits per heavy atom. The minimum atomic E-state index is -0.0918. The number of amides is 1. The number of carbonyl (C=O) groups is 1. The Labute approximate surface area is 174 Å². The first-order valence-electron chi connectivity index (χ1n) is 10.1. The van der Waals surface area contributed by atoms with E-state index in [1.54, 1.807) is 4.52 Å².